The summed E-state index contributed by atoms with van der Waals surface area (Å²) >= 11 is 0. The van der Waals surface area contributed by atoms with Crippen molar-refractivity contribution in [1.82, 2.24) is 4.98 Å². The lowest BCUT2D eigenvalue weighted by atomic mass is 10.1. The third-order valence-corrected chi connectivity index (χ3v) is 2.89. The fraction of sp³-hybridized carbons (Fsp3) is 0.364. The van der Waals surface area contributed by atoms with Crippen molar-refractivity contribution < 1.29 is 9.52 Å². The number of hydrogen-bond donors (Lipinski definition) is 2. The highest BCUT2D eigenvalue weighted by Gasteiger charge is 2.40. The Labute approximate surface area is 85.5 Å². The van der Waals surface area contributed by atoms with Gasteiger partial charge in [-0.05, 0) is 24.5 Å². The molecule has 4 nitrogen and oxygen atoms in total. The van der Waals surface area contributed by atoms with E-state index >= 15 is 0 Å². The van der Waals surface area contributed by atoms with Crippen LogP contribution in [0.3, 0.4) is 0 Å². The van der Waals surface area contributed by atoms with Crippen LogP contribution in [-0.4, -0.2) is 15.7 Å². The van der Waals surface area contributed by atoms with Gasteiger partial charge >= 0.3 is 5.76 Å². The predicted molar refractivity (Wildman–Crippen MR) is 54.7 cm³/mol. The van der Waals surface area contributed by atoms with Crippen molar-refractivity contribution in [1.29, 1.82) is 0 Å². The number of hydrogen-bond acceptors (Lipinski definition) is 3. The Kier molecular flexibility index (Phi) is 1.59. The van der Waals surface area contributed by atoms with Crippen LogP contribution in [0.1, 0.15) is 18.4 Å². The van der Waals surface area contributed by atoms with Crippen LogP contribution in [-0.2, 0) is 6.42 Å². The average Bonchev–Trinajstić information content (AvgIpc) is 2.76. The molecule has 3 rings (SSSR count). The molecule has 1 aromatic carbocycles. The van der Waals surface area contributed by atoms with Crippen molar-refractivity contribution in [3.8, 4) is 0 Å². The van der Waals surface area contributed by atoms with Gasteiger partial charge in [0.25, 0.3) is 0 Å². The summed E-state index contributed by atoms with van der Waals surface area (Å²) in [4.78, 5) is 13.7. The minimum atomic E-state index is -0.553. The first-order valence-corrected chi connectivity index (χ1v) is 4.99. The van der Waals surface area contributed by atoms with Crippen molar-refractivity contribution in [3.05, 3.63) is 34.3 Å². The maximum Gasteiger partial charge on any atom is 0.417 e. The Morgan fingerprint density at radius 3 is 3.00 bits per heavy atom. The first-order valence-electron chi connectivity index (χ1n) is 4.99. The fourth-order valence-corrected chi connectivity index (χ4v) is 1.85. The summed E-state index contributed by atoms with van der Waals surface area (Å²) in [6.07, 6.45) is 2.26. The summed E-state index contributed by atoms with van der Waals surface area (Å²) in [5.41, 5.74) is 1.66. The Bertz CT molecular complexity index is 562. The minimum absolute atomic E-state index is 0.444. The number of oxazole rings is 1. The predicted octanol–water partition coefficient (Wildman–Crippen LogP) is 1.19. The SMILES string of the molecule is O=c1[nH]c2c(CC3(O)CC3)cccc2o1. The first-order chi connectivity index (χ1) is 7.16. The number of aliphatic hydroxyl groups is 1. The molecule has 1 aliphatic carbocycles. The maximum atomic E-state index is 11.0. The van der Waals surface area contributed by atoms with Gasteiger partial charge in [0.2, 0.25) is 0 Å². The van der Waals surface area contributed by atoms with Crippen LogP contribution in [0.5, 0.6) is 0 Å². The summed E-state index contributed by atoms with van der Waals surface area (Å²) in [5, 5.41) is 9.83. The molecule has 0 amide bonds. The third-order valence-electron chi connectivity index (χ3n) is 2.89. The van der Waals surface area contributed by atoms with Gasteiger partial charge in [0.15, 0.2) is 5.58 Å². The zero-order valence-electron chi connectivity index (χ0n) is 8.12. The number of para-hydroxylation sites is 1. The van der Waals surface area contributed by atoms with E-state index in [4.69, 9.17) is 4.42 Å². The van der Waals surface area contributed by atoms with Crippen LogP contribution in [0.2, 0.25) is 0 Å². The van der Waals surface area contributed by atoms with Gasteiger partial charge in [0.1, 0.15) is 0 Å². The van der Waals surface area contributed by atoms with Crippen LogP contribution < -0.4 is 5.76 Å². The summed E-state index contributed by atoms with van der Waals surface area (Å²) < 4.78 is 4.95. The second-order valence-electron chi connectivity index (χ2n) is 4.21. The number of aromatic amines is 1. The highest BCUT2D eigenvalue weighted by molar-refractivity contribution is 5.76. The van der Waals surface area contributed by atoms with Crippen LogP contribution >= 0.6 is 0 Å². The molecule has 2 aromatic rings. The van der Waals surface area contributed by atoms with Crippen LogP contribution in [0.25, 0.3) is 11.1 Å². The van der Waals surface area contributed by atoms with E-state index < -0.39 is 11.4 Å². The lowest BCUT2D eigenvalue weighted by molar-refractivity contribution is 0.151. The third kappa shape index (κ3) is 1.47. The average molecular weight is 205 g/mol. The van der Waals surface area contributed by atoms with E-state index in [0.717, 1.165) is 18.4 Å². The minimum Gasteiger partial charge on any atom is -0.408 e. The molecule has 1 heterocycles. The molecule has 15 heavy (non-hydrogen) atoms. The highest BCUT2D eigenvalue weighted by Crippen LogP contribution is 2.39. The smallest absolute Gasteiger partial charge is 0.408 e. The van der Waals surface area contributed by atoms with E-state index in [-0.39, 0.29) is 0 Å². The van der Waals surface area contributed by atoms with E-state index in [0.29, 0.717) is 17.5 Å². The van der Waals surface area contributed by atoms with Gasteiger partial charge in [-0.1, -0.05) is 12.1 Å². The van der Waals surface area contributed by atoms with E-state index in [9.17, 15) is 9.90 Å². The monoisotopic (exact) mass is 205 g/mol. The number of H-pyrrole nitrogens is 1. The molecule has 1 aromatic heterocycles. The number of rotatable bonds is 2. The van der Waals surface area contributed by atoms with E-state index in [1.165, 1.54) is 0 Å². The van der Waals surface area contributed by atoms with Gasteiger partial charge in [-0.15, -0.1) is 0 Å². The number of fused-ring (bicyclic) bond motifs is 1. The molecule has 0 atom stereocenters. The fourth-order valence-electron chi connectivity index (χ4n) is 1.85. The molecular weight excluding hydrogens is 194 g/mol. The summed E-state index contributed by atoms with van der Waals surface area (Å²) in [6.45, 7) is 0. The van der Waals surface area contributed by atoms with Crippen molar-refractivity contribution in [2.45, 2.75) is 24.9 Å². The summed E-state index contributed by atoms with van der Waals surface area (Å²) in [6, 6.07) is 5.48. The first kappa shape index (κ1) is 8.73. The van der Waals surface area contributed by atoms with Crippen LogP contribution in [0.4, 0.5) is 0 Å². The van der Waals surface area contributed by atoms with Crippen LogP contribution in [0, 0.1) is 0 Å². The van der Waals surface area contributed by atoms with E-state index in [1.807, 2.05) is 12.1 Å². The Hall–Kier alpha value is -1.55. The molecule has 1 saturated carbocycles. The van der Waals surface area contributed by atoms with Gasteiger partial charge < -0.3 is 9.52 Å². The zero-order chi connectivity index (χ0) is 10.5. The molecule has 0 unspecified atom stereocenters. The topological polar surface area (TPSA) is 66.2 Å². The van der Waals surface area contributed by atoms with E-state index in [1.54, 1.807) is 6.07 Å². The largest absolute Gasteiger partial charge is 0.417 e. The molecule has 0 saturated heterocycles. The lowest BCUT2D eigenvalue weighted by Crippen LogP contribution is -2.11. The van der Waals surface area contributed by atoms with Crippen molar-refractivity contribution in [3.63, 3.8) is 0 Å². The van der Waals surface area contributed by atoms with E-state index in [2.05, 4.69) is 4.98 Å². The second kappa shape index (κ2) is 2.73. The van der Waals surface area contributed by atoms with Gasteiger partial charge in [-0.2, -0.15) is 0 Å². The summed E-state index contributed by atoms with van der Waals surface area (Å²) in [7, 11) is 0. The summed E-state index contributed by atoms with van der Waals surface area (Å²) in [5.74, 6) is -0.444. The molecule has 1 aliphatic rings. The van der Waals surface area contributed by atoms with Crippen LogP contribution in [0.15, 0.2) is 27.4 Å². The molecule has 4 heteroatoms. The van der Waals surface area contributed by atoms with Gasteiger partial charge in [0.05, 0.1) is 11.1 Å². The zero-order valence-corrected chi connectivity index (χ0v) is 8.12. The lowest BCUT2D eigenvalue weighted by Gasteiger charge is -2.07. The molecule has 0 spiro atoms. The molecule has 1 fully saturated rings. The molecule has 0 bridgehead atoms. The van der Waals surface area contributed by atoms with Gasteiger partial charge in [0, 0.05) is 6.42 Å². The molecule has 2 N–H and O–H groups in total. The highest BCUT2D eigenvalue weighted by atomic mass is 16.4. The van der Waals surface area contributed by atoms with Crippen molar-refractivity contribution >= 4 is 11.1 Å². The number of benzene rings is 1. The van der Waals surface area contributed by atoms with Gasteiger partial charge in [-0.25, -0.2) is 4.79 Å². The Balaban J connectivity index is 2.12. The Morgan fingerprint density at radius 1 is 1.47 bits per heavy atom. The normalized spacial score (nSPS) is 18.2. The van der Waals surface area contributed by atoms with Crippen molar-refractivity contribution in [2.24, 2.45) is 0 Å². The molecule has 78 valence electrons. The number of aromatic nitrogens is 1. The molecular formula is C11H11NO3. The number of nitrogens with one attached hydrogen (secondary N) is 1. The second-order valence-corrected chi connectivity index (χ2v) is 4.21. The van der Waals surface area contributed by atoms with Gasteiger partial charge in [-0.3, -0.25) is 4.98 Å². The standard InChI is InChI=1S/C11H11NO3/c13-10-12-9-7(6-11(14)4-5-11)2-1-3-8(9)15-10/h1-3,14H,4-6H2,(H,12,13). The van der Waals surface area contributed by atoms with Crippen molar-refractivity contribution in [2.75, 3.05) is 0 Å². The molecule has 0 radical (unpaired) electrons. The Morgan fingerprint density at radius 2 is 2.27 bits per heavy atom. The molecule has 0 aliphatic heterocycles. The quantitative estimate of drug-likeness (QED) is 0.773. The maximum absolute atomic E-state index is 11.0.